The van der Waals surface area contributed by atoms with E-state index in [-0.39, 0.29) is 30.2 Å². The van der Waals surface area contributed by atoms with Gasteiger partial charge in [-0.3, -0.25) is 9.69 Å². The highest BCUT2D eigenvalue weighted by Gasteiger charge is 2.47. The number of carbonyl (C=O) groups is 2. The van der Waals surface area contributed by atoms with Crippen LogP contribution in [-0.2, 0) is 17.8 Å². The van der Waals surface area contributed by atoms with E-state index in [0.717, 1.165) is 21.9 Å². The molecule has 4 N–H and O–H groups in total. The number of nitrogens with two attached hydrogens (primary N) is 1. The predicted molar refractivity (Wildman–Crippen MR) is 123 cm³/mol. The molecule has 2 aromatic carbocycles. The van der Waals surface area contributed by atoms with Gasteiger partial charge in [0, 0.05) is 5.69 Å². The largest absolute Gasteiger partial charge is 0.497 e. The summed E-state index contributed by atoms with van der Waals surface area (Å²) in [6, 6.07) is 16.5. The molecule has 0 aliphatic carbocycles. The molecule has 0 radical (unpaired) electrons. The first kappa shape index (κ1) is 22.0. The van der Waals surface area contributed by atoms with Crippen molar-refractivity contribution >= 4 is 29.5 Å². The molecule has 1 unspecified atom stereocenters. The maximum atomic E-state index is 13.1. The van der Waals surface area contributed by atoms with Crippen LogP contribution < -0.4 is 21.1 Å². The van der Waals surface area contributed by atoms with E-state index in [2.05, 4.69) is 25.6 Å². The van der Waals surface area contributed by atoms with Crippen molar-refractivity contribution in [2.45, 2.75) is 31.8 Å². The molecule has 3 amide bonds. The van der Waals surface area contributed by atoms with Gasteiger partial charge in [-0.2, -0.15) is 15.0 Å². The minimum atomic E-state index is -1.03. The van der Waals surface area contributed by atoms with Gasteiger partial charge in [-0.1, -0.05) is 30.3 Å². The number of urea groups is 1. The van der Waals surface area contributed by atoms with Gasteiger partial charge in [0.2, 0.25) is 11.9 Å². The molecule has 33 heavy (non-hydrogen) atoms. The van der Waals surface area contributed by atoms with Crippen LogP contribution >= 0.6 is 0 Å². The second-order valence-corrected chi connectivity index (χ2v) is 7.93. The van der Waals surface area contributed by atoms with E-state index in [9.17, 15) is 9.59 Å². The number of imide groups is 1. The van der Waals surface area contributed by atoms with Gasteiger partial charge in [0.1, 0.15) is 11.3 Å². The van der Waals surface area contributed by atoms with Crippen LogP contribution in [0.4, 0.5) is 22.4 Å². The van der Waals surface area contributed by atoms with E-state index in [0.29, 0.717) is 12.8 Å². The number of aromatic nitrogens is 3. The van der Waals surface area contributed by atoms with Crippen molar-refractivity contribution in [3.05, 3.63) is 66.0 Å². The minimum Gasteiger partial charge on any atom is -0.497 e. The molecule has 1 aliphatic heterocycles. The third-order valence-corrected chi connectivity index (χ3v) is 5.45. The summed E-state index contributed by atoms with van der Waals surface area (Å²) in [5, 5.41) is 5.85. The zero-order valence-corrected chi connectivity index (χ0v) is 18.4. The number of aryl methyl sites for hydroxylation is 1. The second-order valence-electron chi connectivity index (χ2n) is 7.93. The topological polar surface area (TPSA) is 135 Å². The number of rotatable bonds is 8. The summed E-state index contributed by atoms with van der Waals surface area (Å²) in [5.41, 5.74) is 6.61. The van der Waals surface area contributed by atoms with Crippen molar-refractivity contribution < 1.29 is 14.3 Å². The first-order valence-electron chi connectivity index (χ1n) is 10.5. The van der Waals surface area contributed by atoms with Gasteiger partial charge in [-0.15, -0.1) is 0 Å². The quantitative estimate of drug-likeness (QED) is 0.449. The molecular formula is C23H25N7O3. The summed E-state index contributed by atoms with van der Waals surface area (Å²) in [5.74, 6) is 0.867. The summed E-state index contributed by atoms with van der Waals surface area (Å²) in [7, 11) is 1.61. The van der Waals surface area contributed by atoms with Crippen LogP contribution in [0.3, 0.4) is 0 Å². The molecule has 3 aromatic rings. The summed E-state index contributed by atoms with van der Waals surface area (Å²) >= 11 is 0. The Bertz CT molecular complexity index is 1150. The minimum absolute atomic E-state index is 0.00671. The first-order valence-corrected chi connectivity index (χ1v) is 10.5. The Labute approximate surface area is 191 Å². The van der Waals surface area contributed by atoms with Crippen LogP contribution in [0.2, 0.25) is 0 Å². The Balaban J connectivity index is 1.45. The molecule has 1 aromatic heterocycles. The first-order chi connectivity index (χ1) is 15.9. The summed E-state index contributed by atoms with van der Waals surface area (Å²) in [6.07, 6.45) is 1.06. The molecule has 1 fully saturated rings. The fourth-order valence-corrected chi connectivity index (χ4v) is 3.60. The van der Waals surface area contributed by atoms with Gasteiger partial charge in [-0.25, -0.2) is 4.79 Å². The van der Waals surface area contributed by atoms with Crippen LogP contribution in [0.25, 0.3) is 0 Å². The van der Waals surface area contributed by atoms with Crippen molar-refractivity contribution in [3.63, 3.8) is 0 Å². The van der Waals surface area contributed by atoms with Crippen LogP contribution in [0.5, 0.6) is 5.75 Å². The number of ether oxygens (including phenoxy) is 1. The Kier molecular flexibility index (Phi) is 6.07. The summed E-state index contributed by atoms with van der Waals surface area (Å²) in [6.45, 7) is 1.61. The van der Waals surface area contributed by atoms with E-state index < -0.39 is 11.6 Å². The maximum Gasteiger partial charge on any atom is 0.325 e. The zero-order chi connectivity index (χ0) is 23.4. The van der Waals surface area contributed by atoms with Crippen molar-refractivity contribution in [2.75, 3.05) is 18.2 Å². The number of anilines is 3. The number of carbonyl (C=O) groups excluding carboxylic acids is 2. The van der Waals surface area contributed by atoms with Gasteiger partial charge in [0.15, 0.2) is 5.82 Å². The lowest BCUT2D eigenvalue weighted by molar-refractivity contribution is -0.131. The monoisotopic (exact) mass is 447 g/mol. The molecule has 2 heterocycles. The van der Waals surface area contributed by atoms with E-state index in [1.165, 1.54) is 0 Å². The Morgan fingerprint density at radius 3 is 2.48 bits per heavy atom. The van der Waals surface area contributed by atoms with Crippen LogP contribution in [0, 0.1) is 0 Å². The van der Waals surface area contributed by atoms with Gasteiger partial charge < -0.3 is 21.1 Å². The van der Waals surface area contributed by atoms with Gasteiger partial charge in [0.05, 0.1) is 13.7 Å². The van der Waals surface area contributed by atoms with Gasteiger partial charge in [0.25, 0.3) is 5.91 Å². The fourth-order valence-electron chi connectivity index (χ4n) is 3.60. The number of nitrogen functional groups attached to an aromatic ring is 1. The molecule has 1 saturated heterocycles. The highest BCUT2D eigenvalue weighted by molar-refractivity contribution is 6.06. The average Bonchev–Trinajstić information content (AvgIpc) is 3.01. The van der Waals surface area contributed by atoms with E-state index >= 15 is 0 Å². The lowest BCUT2D eigenvalue weighted by atomic mass is 9.93. The number of hydrogen-bond acceptors (Lipinski definition) is 8. The molecule has 4 rings (SSSR count). The standard InChI is InChI=1S/C23H25N7O3/c1-23(13-12-15-8-10-17(33-2)11-9-15)19(31)30(22(32)29-23)14-18-26-20(24)28-21(27-18)25-16-6-4-3-5-7-16/h3-11H,12-14H2,1-2H3,(H,29,32)(H3,24,25,26,27,28). The normalized spacial score (nSPS) is 17.7. The number of para-hydroxylation sites is 1. The van der Waals surface area contributed by atoms with Gasteiger partial charge >= 0.3 is 6.03 Å². The molecule has 170 valence electrons. The third kappa shape index (κ3) is 5.00. The second kappa shape index (κ2) is 9.11. The molecule has 10 nitrogen and oxygen atoms in total. The fraction of sp³-hybridized carbons (Fsp3) is 0.261. The summed E-state index contributed by atoms with van der Waals surface area (Å²) in [4.78, 5) is 39.3. The Morgan fingerprint density at radius 2 is 1.79 bits per heavy atom. The molecule has 1 aliphatic rings. The van der Waals surface area contributed by atoms with Crippen molar-refractivity contribution in [2.24, 2.45) is 0 Å². The molecule has 1 atom stereocenters. The molecular weight excluding hydrogens is 422 g/mol. The van der Waals surface area contributed by atoms with Crippen molar-refractivity contribution in [1.82, 2.24) is 25.2 Å². The van der Waals surface area contributed by atoms with Gasteiger partial charge in [-0.05, 0) is 49.6 Å². The molecule has 10 heteroatoms. The number of benzene rings is 2. The highest BCUT2D eigenvalue weighted by Crippen LogP contribution is 2.25. The Morgan fingerprint density at radius 1 is 1.06 bits per heavy atom. The van der Waals surface area contributed by atoms with Crippen molar-refractivity contribution in [1.29, 1.82) is 0 Å². The number of methoxy groups -OCH3 is 1. The maximum absolute atomic E-state index is 13.1. The molecule has 0 saturated carbocycles. The molecule has 0 bridgehead atoms. The smallest absolute Gasteiger partial charge is 0.325 e. The number of nitrogens with zero attached hydrogens (tertiary/aromatic N) is 4. The van der Waals surface area contributed by atoms with E-state index in [4.69, 9.17) is 10.5 Å². The lowest BCUT2D eigenvalue weighted by Crippen LogP contribution is -2.44. The SMILES string of the molecule is COc1ccc(CCC2(C)NC(=O)N(Cc3nc(N)nc(Nc4ccccc4)n3)C2=O)cc1. The number of amides is 3. The van der Waals surface area contributed by atoms with Crippen molar-refractivity contribution in [3.8, 4) is 5.75 Å². The van der Waals surface area contributed by atoms with E-state index in [1.807, 2.05) is 54.6 Å². The molecule has 0 spiro atoms. The van der Waals surface area contributed by atoms with Crippen LogP contribution in [0.1, 0.15) is 24.7 Å². The van der Waals surface area contributed by atoms with Crippen LogP contribution in [-0.4, -0.2) is 44.4 Å². The average molecular weight is 447 g/mol. The predicted octanol–water partition coefficient (Wildman–Crippen LogP) is 2.65. The highest BCUT2D eigenvalue weighted by atomic mass is 16.5. The van der Waals surface area contributed by atoms with Crippen LogP contribution in [0.15, 0.2) is 54.6 Å². The number of nitrogens with one attached hydrogen (secondary N) is 2. The third-order valence-electron chi connectivity index (χ3n) is 5.45. The lowest BCUT2D eigenvalue weighted by Gasteiger charge is -2.21. The summed E-state index contributed by atoms with van der Waals surface area (Å²) < 4.78 is 5.17. The van der Waals surface area contributed by atoms with E-state index in [1.54, 1.807) is 14.0 Å². The number of hydrogen-bond donors (Lipinski definition) is 3. The zero-order valence-electron chi connectivity index (χ0n) is 18.4. The Hall–Kier alpha value is -4.21.